The average molecular weight is 288 g/mol. The summed E-state index contributed by atoms with van der Waals surface area (Å²) in [4.78, 5) is 7.08. The van der Waals surface area contributed by atoms with Crippen LogP contribution in [0.2, 0.25) is 0 Å². The first-order valence-electron chi connectivity index (χ1n) is 6.79. The third kappa shape index (κ3) is 3.13. The van der Waals surface area contributed by atoms with Gasteiger partial charge in [0.1, 0.15) is 5.82 Å². The van der Waals surface area contributed by atoms with Crippen LogP contribution in [0.15, 0.2) is 6.07 Å². The Bertz CT molecular complexity index is 475. The van der Waals surface area contributed by atoms with E-state index in [-0.39, 0.29) is 17.8 Å². The molecule has 0 amide bonds. The molecule has 3 N–H and O–H groups in total. The number of halogens is 3. The van der Waals surface area contributed by atoms with Crippen molar-refractivity contribution >= 4 is 11.8 Å². The van der Waals surface area contributed by atoms with E-state index in [4.69, 9.17) is 5.73 Å². The molecule has 1 heterocycles. The zero-order valence-electron chi connectivity index (χ0n) is 11.5. The number of nitrogens with one attached hydrogen (secondary N) is 1. The number of alkyl halides is 3. The van der Waals surface area contributed by atoms with Crippen LogP contribution < -0.4 is 11.1 Å². The van der Waals surface area contributed by atoms with Gasteiger partial charge >= 0.3 is 6.18 Å². The Balaban J connectivity index is 2.16. The summed E-state index contributed by atoms with van der Waals surface area (Å²) in [5.74, 6) is 0.803. The molecule has 0 spiro atoms. The van der Waals surface area contributed by atoms with E-state index in [2.05, 4.69) is 29.1 Å². The van der Waals surface area contributed by atoms with Crippen LogP contribution in [0.4, 0.5) is 24.9 Å². The molecular weight excluding hydrogens is 269 g/mol. The Hall–Kier alpha value is -1.53. The van der Waals surface area contributed by atoms with Crippen LogP contribution in [0.1, 0.15) is 38.8 Å². The van der Waals surface area contributed by atoms with E-state index >= 15 is 0 Å². The zero-order valence-corrected chi connectivity index (χ0v) is 11.5. The monoisotopic (exact) mass is 288 g/mol. The Morgan fingerprint density at radius 2 is 2.05 bits per heavy atom. The summed E-state index contributed by atoms with van der Waals surface area (Å²) >= 11 is 0. The Kier molecular flexibility index (Phi) is 4.06. The maximum Gasteiger partial charge on any atom is 0.433 e. The van der Waals surface area contributed by atoms with Gasteiger partial charge in [-0.15, -0.1) is 0 Å². The number of nitrogens with zero attached hydrogens (tertiary/aromatic N) is 2. The number of rotatable bonds is 3. The van der Waals surface area contributed by atoms with Crippen LogP contribution in [0.25, 0.3) is 0 Å². The molecule has 1 aromatic heterocycles. The van der Waals surface area contributed by atoms with Crippen molar-refractivity contribution in [3.05, 3.63) is 11.8 Å². The van der Waals surface area contributed by atoms with E-state index in [1.54, 1.807) is 0 Å². The lowest BCUT2D eigenvalue weighted by molar-refractivity contribution is -0.141. The quantitative estimate of drug-likeness (QED) is 0.895. The average Bonchev–Trinajstić information content (AvgIpc) is 2.69. The van der Waals surface area contributed by atoms with Gasteiger partial charge in [0.15, 0.2) is 5.69 Å². The third-order valence-electron chi connectivity index (χ3n) is 4.12. The van der Waals surface area contributed by atoms with Crippen molar-refractivity contribution in [1.29, 1.82) is 0 Å². The number of hydrogen-bond acceptors (Lipinski definition) is 4. The summed E-state index contributed by atoms with van der Waals surface area (Å²) in [5, 5.41) is 3.08. The van der Waals surface area contributed by atoms with Gasteiger partial charge in [0.2, 0.25) is 5.95 Å². The number of aromatic nitrogens is 2. The fourth-order valence-corrected chi connectivity index (χ4v) is 2.90. The Morgan fingerprint density at radius 1 is 1.35 bits per heavy atom. The van der Waals surface area contributed by atoms with Crippen LogP contribution in [0.5, 0.6) is 0 Å². The third-order valence-corrected chi connectivity index (χ3v) is 4.12. The molecule has 1 aliphatic carbocycles. The van der Waals surface area contributed by atoms with Gasteiger partial charge in [-0.05, 0) is 24.7 Å². The highest BCUT2D eigenvalue weighted by molar-refractivity contribution is 5.42. The highest BCUT2D eigenvalue weighted by atomic mass is 19.4. The number of hydrogen-bond donors (Lipinski definition) is 2. The molecule has 1 aliphatic rings. The fraction of sp³-hybridized carbons (Fsp3) is 0.692. The molecule has 0 aromatic carbocycles. The molecule has 3 atom stereocenters. The molecule has 0 saturated heterocycles. The second-order valence-electron chi connectivity index (χ2n) is 5.35. The summed E-state index contributed by atoms with van der Waals surface area (Å²) in [5.41, 5.74) is 4.35. The predicted molar refractivity (Wildman–Crippen MR) is 71.0 cm³/mol. The summed E-state index contributed by atoms with van der Waals surface area (Å²) in [6.45, 7) is 4.25. The SMILES string of the molecule is CCC1CCC(Nc2cc(C(F)(F)F)nc(N)n2)C1C. The van der Waals surface area contributed by atoms with Crippen molar-refractivity contribution in [2.45, 2.75) is 45.3 Å². The van der Waals surface area contributed by atoms with Crippen molar-refractivity contribution in [3.63, 3.8) is 0 Å². The van der Waals surface area contributed by atoms with Gasteiger partial charge in [0.05, 0.1) is 0 Å². The van der Waals surface area contributed by atoms with Gasteiger partial charge in [-0.25, -0.2) is 4.98 Å². The molecule has 112 valence electrons. The molecule has 1 fully saturated rings. The van der Waals surface area contributed by atoms with Crippen molar-refractivity contribution in [1.82, 2.24) is 9.97 Å². The van der Waals surface area contributed by atoms with Crippen molar-refractivity contribution in [2.24, 2.45) is 11.8 Å². The fourth-order valence-electron chi connectivity index (χ4n) is 2.90. The van der Waals surface area contributed by atoms with Gasteiger partial charge in [0, 0.05) is 12.1 Å². The minimum Gasteiger partial charge on any atom is -0.368 e. The van der Waals surface area contributed by atoms with Gasteiger partial charge in [-0.3, -0.25) is 0 Å². The molecule has 7 heteroatoms. The lowest BCUT2D eigenvalue weighted by atomic mass is 9.93. The molecule has 4 nitrogen and oxygen atoms in total. The van der Waals surface area contributed by atoms with Crippen LogP contribution in [0.3, 0.4) is 0 Å². The van der Waals surface area contributed by atoms with Crippen LogP contribution >= 0.6 is 0 Å². The summed E-state index contributed by atoms with van der Waals surface area (Å²) in [6.07, 6.45) is -1.41. The molecular formula is C13H19F3N4. The molecule has 3 unspecified atom stereocenters. The smallest absolute Gasteiger partial charge is 0.368 e. The molecule has 0 aliphatic heterocycles. The number of nitrogens with two attached hydrogens (primary N) is 1. The first-order valence-corrected chi connectivity index (χ1v) is 6.79. The molecule has 20 heavy (non-hydrogen) atoms. The van der Waals surface area contributed by atoms with Gasteiger partial charge < -0.3 is 11.1 Å². The van der Waals surface area contributed by atoms with Gasteiger partial charge in [-0.1, -0.05) is 20.3 Å². The molecule has 2 rings (SSSR count). The van der Waals surface area contributed by atoms with E-state index in [9.17, 15) is 13.2 Å². The van der Waals surface area contributed by atoms with E-state index in [1.165, 1.54) is 0 Å². The van der Waals surface area contributed by atoms with Crippen molar-refractivity contribution in [3.8, 4) is 0 Å². The van der Waals surface area contributed by atoms with Gasteiger partial charge in [-0.2, -0.15) is 18.2 Å². The van der Waals surface area contributed by atoms with Crippen LogP contribution in [-0.2, 0) is 6.18 Å². The van der Waals surface area contributed by atoms with Crippen LogP contribution in [0, 0.1) is 11.8 Å². The van der Waals surface area contributed by atoms with Crippen molar-refractivity contribution < 1.29 is 13.2 Å². The molecule has 0 bridgehead atoms. The number of anilines is 2. The highest BCUT2D eigenvalue weighted by Gasteiger charge is 2.35. The minimum absolute atomic E-state index is 0.135. The zero-order chi connectivity index (χ0) is 14.9. The van der Waals surface area contributed by atoms with E-state index in [0.29, 0.717) is 11.8 Å². The first kappa shape index (κ1) is 14.9. The minimum atomic E-state index is -4.51. The Labute approximate surface area is 116 Å². The van der Waals surface area contributed by atoms with Crippen molar-refractivity contribution in [2.75, 3.05) is 11.1 Å². The second kappa shape index (κ2) is 5.46. The molecule has 1 aromatic rings. The highest BCUT2D eigenvalue weighted by Crippen LogP contribution is 2.36. The number of nitrogen functional groups attached to an aromatic ring is 1. The predicted octanol–water partition coefficient (Wildman–Crippen LogP) is 3.31. The largest absolute Gasteiger partial charge is 0.433 e. The van der Waals surface area contributed by atoms with E-state index in [0.717, 1.165) is 25.3 Å². The summed E-state index contributed by atoms with van der Waals surface area (Å²) in [6, 6.07) is 1.05. The maximum absolute atomic E-state index is 12.7. The second-order valence-corrected chi connectivity index (χ2v) is 5.35. The molecule has 0 radical (unpaired) electrons. The maximum atomic E-state index is 12.7. The lowest BCUT2D eigenvalue weighted by Gasteiger charge is -2.22. The summed E-state index contributed by atoms with van der Waals surface area (Å²) in [7, 11) is 0. The Morgan fingerprint density at radius 3 is 2.60 bits per heavy atom. The summed E-state index contributed by atoms with van der Waals surface area (Å²) < 4.78 is 38.0. The normalized spacial score (nSPS) is 26.8. The topological polar surface area (TPSA) is 63.8 Å². The van der Waals surface area contributed by atoms with E-state index in [1.807, 2.05) is 0 Å². The first-order chi connectivity index (χ1) is 9.31. The molecule has 1 saturated carbocycles. The lowest BCUT2D eigenvalue weighted by Crippen LogP contribution is -2.26. The standard InChI is InChI=1S/C13H19F3N4/c1-3-8-4-5-9(7(8)2)18-11-6-10(13(14,15)16)19-12(17)20-11/h6-9H,3-5H2,1-2H3,(H3,17,18,19,20). The van der Waals surface area contributed by atoms with Crippen LogP contribution in [-0.4, -0.2) is 16.0 Å². The van der Waals surface area contributed by atoms with Gasteiger partial charge in [0.25, 0.3) is 0 Å². The van der Waals surface area contributed by atoms with E-state index < -0.39 is 11.9 Å².